The van der Waals surface area contributed by atoms with Crippen molar-refractivity contribution in [2.24, 2.45) is 0 Å². The first-order valence-electron chi connectivity index (χ1n) is 3.99. The molecule has 2 fully saturated rings. The van der Waals surface area contributed by atoms with Gasteiger partial charge >= 0.3 is 0 Å². The lowest BCUT2D eigenvalue weighted by Gasteiger charge is -2.35. The van der Waals surface area contributed by atoms with E-state index in [0.29, 0.717) is 0 Å². The molecule has 2 aliphatic heterocycles. The van der Waals surface area contributed by atoms with Crippen molar-refractivity contribution in [3.8, 4) is 0 Å². The summed E-state index contributed by atoms with van der Waals surface area (Å²) >= 11 is 0. The van der Waals surface area contributed by atoms with Crippen LogP contribution in [0.15, 0.2) is 0 Å². The first-order valence-corrected chi connectivity index (χ1v) is 3.99. The van der Waals surface area contributed by atoms with E-state index in [2.05, 4.69) is 10.2 Å². The molecule has 0 spiro atoms. The van der Waals surface area contributed by atoms with Gasteiger partial charge in [-0.25, -0.2) is 0 Å². The third-order valence-corrected chi connectivity index (χ3v) is 2.47. The smallest absolute Gasteiger partial charge is 0.0679 e. The standard InChI is InChI=1S/C7H14N2O.2ClH/c10-7-1-2-9(5-7)6-3-8-4-6;;/h6-8,10H,1-5H2;2*1H. The summed E-state index contributed by atoms with van der Waals surface area (Å²) < 4.78 is 0. The summed E-state index contributed by atoms with van der Waals surface area (Å²) in [6.45, 7) is 4.22. The summed E-state index contributed by atoms with van der Waals surface area (Å²) in [7, 11) is 0. The first kappa shape index (κ1) is 12.5. The molecular weight excluding hydrogens is 199 g/mol. The van der Waals surface area contributed by atoms with E-state index in [9.17, 15) is 5.11 Å². The molecule has 0 bridgehead atoms. The van der Waals surface area contributed by atoms with Gasteiger partial charge in [-0.1, -0.05) is 0 Å². The average Bonchev–Trinajstić information content (AvgIpc) is 2.10. The Morgan fingerprint density at radius 1 is 1.25 bits per heavy atom. The molecule has 2 N–H and O–H groups in total. The maximum atomic E-state index is 9.21. The number of β-amino-alcohol motifs (C(OH)–C–C–N with tert-alkyl or cyclic N) is 1. The highest BCUT2D eigenvalue weighted by molar-refractivity contribution is 5.85. The van der Waals surface area contributed by atoms with E-state index < -0.39 is 0 Å². The van der Waals surface area contributed by atoms with Gasteiger partial charge in [0.05, 0.1) is 6.10 Å². The van der Waals surface area contributed by atoms with Gasteiger partial charge in [0.2, 0.25) is 0 Å². The molecule has 0 aromatic heterocycles. The minimum atomic E-state index is -0.0550. The van der Waals surface area contributed by atoms with Crippen LogP contribution in [-0.2, 0) is 0 Å². The van der Waals surface area contributed by atoms with E-state index in [-0.39, 0.29) is 30.9 Å². The number of nitrogens with zero attached hydrogens (tertiary/aromatic N) is 1. The van der Waals surface area contributed by atoms with E-state index in [1.807, 2.05) is 0 Å². The molecule has 1 atom stereocenters. The van der Waals surface area contributed by atoms with Gasteiger partial charge in [-0.2, -0.15) is 0 Å². The van der Waals surface area contributed by atoms with Gasteiger partial charge in [0.1, 0.15) is 0 Å². The molecule has 0 radical (unpaired) electrons. The maximum absolute atomic E-state index is 9.21. The molecule has 0 saturated carbocycles. The van der Waals surface area contributed by atoms with Gasteiger partial charge in [-0.05, 0) is 6.42 Å². The van der Waals surface area contributed by atoms with Gasteiger partial charge < -0.3 is 10.4 Å². The minimum absolute atomic E-state index is 0. The molecule has 12 heavy (non-hydrogen) atoms. The monoisotopic (exact) mass is 214 g/mol. The lowest BCUT2D eigenvalue weighted by molar-refractivity contribution is 0.136. The normalized spacial score (nSPS) is 30.2. The number of aliphatic hydroxyl groups excluding tert-OH is 1. The van der Waals surface area contributed by atoms with Crippen LogP contribution in [0.4, 0.5) is 0 Å². The van der Waals surface area contributed by atoms with E-state index in [0.717, 1.165) is 38.6 Å². The molecule has 2 rings (SSSR count). The van der Waals surface area contributed by atoms with Crippen LogP contribution in [0, 0.1) is 0 Å². The Hall–Kier alpha value is 0.460. The van der Waals surface area contributed by atoms with Crippen LogP contribution in [0.1, 0.15) is 6.42 Å². The second kappa shape index (κ2) is 5.25. The zero-order chi connectivity index (χ0) is 6.97. The van der Waals surface area contributed by atoms with Crippen LogP contribution in [-0.4, -0.2) is 48.3 Å². The van der Waals surface area contributed by atoms with Gasteiger partial charge in [0.15, 0.2) is 0 Å². The van der Waals surface area contributed by atoms with Crippen molar-refractivity contribution in [3.63, 3.8) is 0 Å². The Labute approximate surface area is 85.3 Å². The highest BCUT2D eigenvalue weighted by Crippen LogP contribution is 2.14. The van der Waals surface area contributed by atoms with Crippen molar-refractivity contribution in [1.29, 1.82) is 0 Å². The average molecular weight is 215 g/mol. The number of likely N-dealkylation sites (tertiary alicyclic amines) is 1. The summed E-state index contributed by atoms with van der Waals surface area (Å²) in [5.41, 5.74) is 0. The maximum Gasteiger partial charge on any atom is 0.0679 e. The van der Waals surface area contributed by atoms with Crippen molar-refractivity contribution in [2.45, 2.75) is 18.6 Å². The molecule has 2 saturated heterocycles. The van der Waals surface area contributed by atoms with Gasteiger partial charge in [-0.15, -0.1) is 24.8 Å². The number of hydrogen-bond acceptors (Lipinski definition) is 3. The zero-order valence-corrected chi connectivity index (χ0v) is 8.53. The number of aliphatic hydroxyl groups is 1. The highest BCUT2D eigenvalue weighted by atomic mass is 35.5. The quantitative estimate of drug-likeness (QED) is 0.639. The number of rotatable bonds is 1. The van der Waals surface area contributed by atoms with Crippen molar-refractivity contribution >= 4 is 24.8 Å². The molecule has 74 valence electrons. The van der Waals surface area contributed by atoms with Crippen LogP contribution in [0.3, 0.4) is 0 Å². The molecule has 0 aromatic rings. The largest absolute Gasteiger partial charge is 0.392 e. The van der Waals surface area contributed by atoms with Crippen LogP contribution >= 0.6 is 24.8 Å². The first-order chi connectivity index (χ1) is 4.86. The Kier molecular flexibility index (Phi) is 5.45. The summed E-state index contributed by atoms with van der Waals surface area (Å²) in [6, 6.07) is 0.720. The van der Waals surface area contributed by atoms with Crippen molar-refractivity contribution in [2.75, 3.05) is 26.2 Å². The fourth-order valence-electron chi connectivity index (χ4n) is 1.63. The third kappa shape index (κ3) is 2.47. The van der Waals surface area contributed by atoms with Crippen molar-refractivity contribution in [1.82, 2.24) is 10.2 Å². The van der Waals surface area contributed by atoms with Gasteiger partial charge in [0, 0.05) is 32.2 Å². The predicted octanol–water partition coefficient (Wildman–Crippen LogP) is -0.132. The van der Waals surface area contributed by atoms with Crippen LogP contribution in [0.5, 0.6) is 0 Å². The molecule has 1 unspecified atom stereocenters. The van der Waals surface area contributed by atoms with Crippen molar-refractivity contribution < 1.29 is 5.11 Å². The van der Waals surface area contributed by atoms with E-state index in [4.69, 9.17) is 0 Å². The highest BCUT2D eigenvalue weighted by Gasteiger charge is 2.29. The van der Waals surface area contributed by atoms with Crippen LogP contribution in [0.2, 0.25) is 0 Å². The van der Waals surface area contributed by atoms with E-state index >= 15 is 0 Å². The molecule has 0 aromatic carbocycles. The Morgan fingerprint density at radius 2 is 1.92 bits per heavy atom. The minimum Gasteiger partial charge on any atom is -0.392 e. The predicted molar refractivity (Wildman–Crippen MR) is 53.4 cm³/mol. The van der Waals surface area contributed by atoms with Crippen molar-refractivity contribution in [3.05, 3.63) is 0 Å². The zero-order valence-electron chi connectivity index (χ0n) is 6.90. The van der Waals surface area contributed by atoms with Gasteiger partial charge in [0.25, 0.3) is 0 Å². The molecular formula is C7H16Cl2N2O. The summed E-state index contributed by atoms with van der Waals surface area (Å²) in [5.74, 6) is 0. The molecule has 5 heteroatoms. The lowest BCUT2D eigenvalue weighted by atomic mass is 10.1. The summed E-state index contributed by atoms with van der Waals surface area (Å²) in [6.07, 6.45) is 0.914. The fourth-order valence-corrected chi connectivity index (χ4v) is 1.63. The Balaban J connectivity index is 0.000000605. The molecule has 2 heterocycles. The number of hydrogen-bond donors (Lipinski definition) is 2. The lowest BCUT2D eigenvalue weighted by Crippen LogP contribution is -2.56. The molecule has 0 amide bonds. The second-order valence-corrected chi connectivity index (χ2v) is 3.25. The SMILES string of the molecule is Cl.Cl.OC1CCN(C2CNC2)C1. The van der Waals surface area contributed by atoms with E-state index in [1.54, 1.807) is 0 Å². The van der Waals surface area contributed by atoms with Gasteiger partial charge in [-0.3, -0.25) is 4.90 Å². The molecule has 0 aliphatic carbocycles. The summed E-state index contributed by atoms with van der Waals surface area (Å²) in [5, 5.41) is 12.4. The molecule has 2 aliphatic rings. The third-order valence-electron chi connectivity index (χ3n) is 2.47. The Morgan fingerprint density at radius 3 is 2.25 bits per heavy atom. The Bertz CT molecular complexity index is 133. The van der Waals surface area contributed by atoms with Crippen LogP contribution in [0.25, 0.3) is 0 Å². The topological polar surface area (TPSA) is 35.5 Å². The van der Waals surface area contributed by atoms with Crippen LogP contribution < -0.4 is 5.32 Å². The van der Waals surface area contributed by atoms with E-state index in [1.165, 1.54) is 0 Å². The molecule has 3 nitrogen and oxygen atoms in total. The number of halogens is 2. The fraction of sp³-hybridized carbons (Fsp3) is 1.00. The second-order valence-electron chi connectivity index (χ2n) is 3.25. The summed E-state index contributed by atoms with van der Waals surface area (Å²) in [4.78, 5) is 2.38. The number of nitrogens with one attached hydrogen (secondary N) is 1.